The van der Waals surface area contributed by atoms with Gasteiger partial charge >= 0.3 is 0 Å². The Morgan fingerprint density at radius 1 is 1.20 bits per heavy atom. The van der Waals surface area contributed by atoms with Crippen LogP contribution in [0.2, 0.25) is 0 Å². The summed E-state index contributed by atoms with van der Waals surface area (Å²) in [6.07, 6.45) is 0.955. The van der Waals surface area contributed by atoms with E-state index in [-0.39, 0.29) is 12.0 Å². The Balaban J connectivity index is 2.17. The number of nitrogen functional groups attached to an aromatic ring is 1. The third-order valence-electron chi connectivity index (χ3n) is 3.08. The van der Waals surface area contributed by atoms with Crippen LogP contribution in [0.4, 0.5) is 17.8 Å². The summed E-state index contributed by atoms with van der Waals surface area (Å²) in [6, 6.07) is 4.49. The third-order valence-corrected chi connectivity index (χ3v) is 3.98. The number of hydrogen-bond donors (Lipinski definition) is 1. The van der Waals surface area contributed by atoms with Gasteiger partial charge in [-0.25, -0.2) is 0 Å². The molecule has 2 heterocycles. The SMILES string of the molecule is CC(Cc1cccs1)N(C)c1nc(N)nc(N(C)C)n1. The summed E-state index contributed by atoms with van der Waals surface area (Å²) in [6.45, 7) is 2.15. The number of likely N-dealkylation sites (N-methyl/N-ethyl adjacent to an activating group) is 1. The maximum Gasteiger partial charge on any atom is 0.231 e. The van der Waals surface area contributed by atoms with Gasteiger partial charge in [0.1, 0.15) is 0 Å². The fourth-order valence-corrected chi connectivity index (χ4v) is 2.61. The van der Waals surface area contributed by atoms with Crippen LogP contribution >= 0.6 is 11.3 Å². The largest absolute Gasteiger partial charge is 0.368 e. The quantitative estimate of drug-likeness (QED) is 0.903. The van der Waals surface area contributed by atoms with Crippen LogP contribution in [-0.2, 0) is 6.42 Å². The van der Waals surface area contributed by atoms with Gasteiger partial charge in [-0.3, -0.25) is 0 Å². The van der Waals surface area contributed by atoms with Crippen molar-refractivity contribution in [1.82, 2.24) is 15.0 Å². The Kier molecular flexibility index (Phi) is 4.39. The van der Waals surface area contributed by atoms with E-state index >= 15 is 0 Å². The lowest BCUT2D eigenvalue weighted by molar-refractivity contribution is 0.668. The summed E-state index contributed by atoms with van der Waals surface area (Å²) in [5.74, 6) is 1.42. The van der Waals surface area contributed by atoms with Crippen LogP contribution in [0.1, 0.15) is 11.8 Å². The van der Waals surface area contributed by atoms with Crippen molar-refractivity contribution >= 4 is 29.2 Å². The topological polar surface area (TPSA) is 71.2 Å². The van der Waals surface area contributed by atoms with Gasteiger partial charge in [0.15, 0.2) is 0 Å². The van der Waals surface area contributed by atoms with Gasteiger partial charge in [-0.05, 0) is 18.4 Å². The van der Waals surface area contributed by atoms with Crippen molar-refractivity contribution in [3.63, 3.8) is 0 Å². The molecule has 20 heavy (non-hydrogen) atoms. The Morgan fingerprint density at radius 3 is 2.50 bits per heavy atom. The molecule has 1 atom stereocenters. The van der Waals surface area contributed by atoms with Crippen LogP contribution in [0.15, 0.2) is 17.5 Å². The molecule has 0 saturated heterocycles. The average Bonchev–Trinajstić information content (AvgIpc) is 2.89. The lowest BCUT2D eigenvalue weighted by Gasteiger charge is -2.25. The molecular formula is C13H20N6S. The van der Waals surface area contributed by atoms with Gasteiger partial charge in [-0.1, -0.05) is 6.07 Å². The standard InChI is InChI=1S/C13H20N6S/c1-9(8-10-6-5-7-20-10)19(4)13-16-11(14)15-12(17-13)18(2)3/h5-7,9H,8H2,1-4H3,(H2,14,15,16,17). The molecule has 6 nitrogen and oxygen atoms in total. The second-order valence-corrected chi connectivity index (χ2v) is 5.96. The predicted molar refractivity (Wildman–Crippen MR) is 84.5 cm³/mol. The minimum Gasteiger partial charge on any atom is -0.368 e. The molecule has 0 aliphatic carbocycles. The molecule has 2 aromatic rings. The van der Waals surface area contributed by atoms with Gasteiger partial charge in [0.05, 0.1) is 0 Å². The van der Waals surface area contributed by atoms with Gasteiger partial charge in [0.25, 0.3) is 0 Å². The fourth-order valence-electron chi connectivity index (χ4n) is 1.78. The third kappa shape index (κ3) is 3.36. The first-order valence-corrected chi connectivity index (χ1v) is 7.29. The van der Waals surface area contributed by atoms with Crippen molar-refractivity contribution in [2.75, 3.05) is 36.7 Å². The zero-order chi connectivity index (χ0) is 14.7. The number of thiophene rings is 1. The van der Waals surface area contributed by atoms with Crippen LogP contribution in [0, 0.1) is 0 Å². The van der Waals surface area contributed by atoms with E-state index in [9.17, 15) is 0 Å². The van der Waals surface area contributed by atoms with Crippen molar-refractivity contribution in [3.8, 4) is 0 Å². The van der Waals surface area contributed by atoms with E-state index in [0.29, 0.717) is 11.9 Å². The highest BCUT2D eigenvalue weighted by molar-refractivity contribution is 7.09. The average molecular weight is 292 g/mol. The van der Waals surface area contributed by atoms with Gasteiger partial charge in [-0.15, -0.1) is 11.3 Å². The maximum atomic E-state index is 5.76. The first-order chi connectivity index (χ1) is 9.47. The van der Waals surface area contributed by atoms with Crippen LogP contribution in [0.5, 0.6) is 0 Å². The van der Waals surface area contributed by atoms with E-state index in [0.717, 1.165) is 6.42 Å². The first kappa shape index (κ1) is 14.5. The van der Waals surface area contributed by atoms with E-state index in [1.807, 2.05) is 30.9 Å². The maximum absolute atomic E-state index is 5.76. The highest BCUT2D eigenvalue weighted by Crippen LogP contribution is 2.18. The summed E-state index contributed by atoms with van der Waals surface area (Å²) in [5, 5.41) is 2.09. The van der Waals surface area contributed by atoms with E-state index in [2.05, 4.69) is 39.4 Å². The number of hydrogen-bond acceptors (Lipinski definition) is 7. The van der Waals surface area contributed by atoms with Gasteiger partial charge in [0.2, 0.25) is 17.8 Å². The fraction of sp³-hybridized carbons (Fsp3) is 0.462. The molecule has 2 rings (SSSR count). The highest BCUT2D eigenvalue weighted by atomic mass is 32.1. The van der Waals surface area contributed by atoms with Crippen LogP contribution < -0.4 is 15.5 Å². The van der Waals surface area contributed by atoms with Crippen molar-refractivity contribution in [2.24, 2.45) is 0 Å². The molecule has 7 heteroatoms. The van der Waals surface area contributed by atoms with Crippen molar-refractivity contribution in [3.05, 3.63) is 22.4 Å². The van der Waals surface area contributed by atoms with E-state index in [1.54, 1.807) is 11.3 Å². The molecule has 0 aliphatic rings. The van der Waals surface area contributed by atoms with Gasteiger partial charge < -0.3 is 15.5 Å². The second kappa shape index (κ2) is 6.04. The molecular weight excluding hydrogens is 272 g/mol. The number of nitrogens with two attached hydrogens (primary N) is 1. The molecule has 0 aromatic carbocycles. The van der Waals surface area contributed by atoms with E-state index in [1.165, 1.54) is 4.88 Å². The summed E-state index contributed by atoms with van der Waals surface area (Å²) >= 11 is 1.76. The molecule has 0 radical (unpaired) electrons. The number of aromatic nitrogens is 3. The monoisotopic (exact) mass is 292 g/mol. The van der Waals surface area contributed by atoms with Crippen LogP contribution in [0.25, 0.3) is 0 Å². The summed E-state index contributed by atoms with van der Waals surface area (Å²) in [5.41, 5.74) is 5.76. The zero-order valence-corrected chi connectivity index (χ0v) is 13.1. The Hall–Kier alpha value is -1.89. The normalized spacial score (nSPS) is 12.2. The Labute approximate surface area is 123 Å². The number of anilines is 3. The molecule has 0 aliphatic heterocycles. The van der Waals surface area contributed by atoms with Crippen molar-refractivity contribution < 1.29 is 0 Å². The molecule has 2 aromatic heterocycles. The summed E-state index contributed by atoms with van der Waals surface area (Å²) < 4.78 is 0. The Bertz CT molecular complexity index is 554. The Morgan fingerprint density at radius 2 is 1.90 bits per heavy atom. The lowest BCUT2D eigenvalue weighted by atomic mass is 10.2. The molecule has 2 N–H and O–H groups in total. The van der Waals surface area contributed by atoms with Crippen LogP contribution in [0.3, 0.4) is 0 Å². The van der Waals surface area contributed by atoms with Crippen molar-refractivity contribution in [2.45, 2.75) is 19.4 Å². The predicted octanol–water partition coefficient (Wildman–Crippen LogP) is 1.65. The van der Waals surface area contributed by atoms with Crippen molar-refractivity contribution in [1.29, 1.82) is 0 Å². The molecule has 0 fully saturated rings. The summed E-state index contributed by atoms with van der Waals surface area (Å²) in [7, 11) is 5.74. The molecule has 0 amide bonds. The summed E-state index contributed by atoms with van der Waals surface area (Å²) in [4.78, 5) is 18.0. The number of rotatable bonds is 5. The minimum absolute atomic E-state index is 0.244. The van der Waals surface area contributed by atoms with E-state index < -0.39 is 0 Å². The van der Waals surface area contributed by atoms with Crippen LogP contribution in [-0.4, -0.2) is 42.1 Å². The zero-order valence-electron chi connectivity index (χ0n) is 12.2. The molecule has 1 unspecified atom stereocenters. The smallest absolute Gasteiger partial charge is 0.231 e. The molecule has 0 bridgehead atoms. The lowest BCUT2D eigenvalue weighted by Crippen LogP contribution is -2.32. The molecule has 0 saturated carbocycles. The second-order valence-electron chi connectivity index (χ2n) is 4.93. The molecule has 108 valence electrons. The van der Waals surface area contributed by atoms with Gasteiger partial charge in [-0.2, -0.15) is 15.0 Å². The van der Waals surface area contributed by atoms with E-state index in [4.69, 9.17) is 5.73 Å². The minimum atomic E-state index is 0.244. The highest BCUT2D eigenvalue weighted by Gasteiger charge is 2.16. The first-order valence-electron chi connectivity index (χ1n) is 6.41. The van der Waals surface area contributed by atoms with Gasteiger partial charge in [0, 0.05) is 38.5 Å². The number of nitrogens with zero attached hydrogens (tertiary/aromatic N) is 5. The molecule has 0 spiro atoms.